The van der Waals surface area contributed by atoms with Crippen molar-refractivity contribution in [2.24, 2.45) is 0 Å². The standard InChI is InChI=1S/C9H6BrFN2O2/c1-14-5-2-3-6(7(11)4-5)8-12-9(10)13-15-8/h2-4H,1H3. The van der Waals surface area contributed by atoms with Gasteiger partial charge in [0.15, 0.2) is 0 Å². The van der Waals surface area contributed by atoms with E-state index in [1.165, 1.54) is 19.2 Å². The molecular weight excluding hydrogens is 267 g/mol. The van der Waals surface area contributed by atoms with Crippen molar-refractivity contribution in [1.82, 2.24) is 10.1 Å². The first kappa shape index (κ1) is 10.1. The second-order valence-electron chi connectivity index (χ2n) is 2.71. The Bertz CT molecular complexity index is 487. The minimum absolute atomic E-state index is 0.127. The van der Waals surface area contributed by atoms with Crippen molar-refractivity contribution in [3.63, 3.8) is 0 Å². The molecular formula is C9H6BrFN2O2. The Morgan fingerprint density at radius 2 is 2.27 bits per heavy atom. The van der Waals surface area contributed by atoms with Gasteiger partial charge < -0.3 is 9.26 Å². The van der Waals surface area contributed by atoms with Crippen molar-refractivity contribution >= 4 is 15.9 Å². The van der Waals surface area contributed by atoms with Crippen LogP contribution in [0.3, 0.4) is 0 Å². The highest BCUT2D eigenvalue weighted by atomic mass is 79.9. The van der Waals surface area contributed by atoms with E-state index < -0.39 is 5.82 Å². The fraction of sp³-hybridized carbons (Fsp3) is 0.111. The van der Waals surface area contributed by atoms with E-state index in [4.69, 9.17) is 9.26 Å². The molecule has 2 aromatic rings. The first-order valence-electron chi connectivity index (χ1n) is 4.04. The van der Waals surface area contributed by atoms with Crippen molar-refractivity contribution in [3.8, 4) is 17.2 Å². The maximum Gasteiger partial charge on any atom is 0.261 e. The van der Waals surface area contributed by atoms with E-state index in [0.717, 1.165) is 0 Å². The average Bonchev–Trinajstić information content (AvgIpc) is 2.64. The van der Waals surface area contributed by atoms with Gasteiger partial charge in [0.1, 0.15) is 11.6 Å². The van der Waals surface area contributed by atoms with Crippen molar-refractivity contribution in [3.05, 3.63) is 28.7 Å². The summed E-state index contributed by atoms with van der Waals surface area (Å²) < 4.78 is 23.5. The second kappa shape index (κ2) is 3.98. The molecule has 0 bridgehead atoms. The summed E-state index contributed by atoms with van der Waals surface area (Å²) >= 11 is 3.02. The van der Waals surface area contributed by atoms with Crippen LogP contribution in [0.15, 0.2) is 27.5 Å². The number of methoxy groups -OCH3 is 1. The Labute approximate surface area is 93.2 Å². The molecule has 15 heavy (non-hydrogen) atoms. The fourth-order valence-corrected chi connectivity index (χ4v) is 1.34. The van der Waals surface area contributed by atoms with Crippen LogP contribution in [0.1, 0.15) is 0 Å². The third kappa shape index (κ3) is 1.99. The number of ether oxygens (including phenoxy) is 1. The first-order valence-corrected chi connectivity index (χ1v) is 4.83. The molecule has 6 heteroatoms. The van der Waals surface area contributed by atoms with Crippen LogP contribution < -0.4 is 4.74 Å². The van der Waals surface area contributed by atoms with E-state index >= 15 is 0 Å². The molecule has 0 amide bonds. The molecule has 1 aromatic carbocycles. The molecule has 0 atom stereocenters. The number of nitrogens with zero attached hydrogens (tertiary/aromatic N) is 2. The van der Waals surface area contributed by atoms with Gasteiger partial charge in [0, 0.05) is 6.07 Å². The zero-order chi connectivity index (χ0) is 10.8. The summed E-state index contributed by atoms with van der Waals surface area (Å²) in [4.78, 5) is 3.86. The summed E-state index contributed by atoms with van der Waals surface area (Å²) in [5.74, 6) is 0.0994. The van der Waals surface area contributed by atoms with E-state index in [1.807, 2.05) is 0 Å². The average molecular weight is 273 g/mol. The number of hydrogen-bond donors (Lipinski definition) is 0. The largest absolute Gasteiger partial charge is 0.497 e. The second-order valence-corrected chi connectivity index (χ2v) is 3.42. The lowest BCUT2D eigenvalue weighted by Crippen LogP contribution is -1.88. The molecule has 0 fully saturated rings. The van der Waals surface area contributed by atoms with Crippen LogP contribution in [0.2, 0.25) is 0 Å². The molecule has 0 aliphatic carbocycles. The van der Waals surface area contributed by atoms with E-state index in [0.29, 0.717) is 5.75 Å². The zero-order valence-corrected chi connectivity index (χ0v) is 9.28. The lowest BCUT2D eigenvalue weighted by molar-refractivity contribution is 0.409. The lowest BCUT2D eigenvalue weighted by atomic mass is 10.2. The Balaban J connectivity index is 2.45. The van der Waals surface area contributed by atoms with E-state index in [2.05, 4.69) is 26.1 Å². The quantitative estimate of drug-likeness (QED) is 0.843. The van der Waals surface area contributed by atoms with Gasteiger partial charge in [-0.15, -0.1) is 0 Å². The summed E-state index contributed by atoms with van der Waals surface area (Å²) in [5.41, 5.74) is 0.244. The molecule has 78 valence electrons. The van der Waals surface area contributed by atoms with Gasteiger partial charge in [0.05, 0.1) is 12.7 Å². The molecule has 0 saturated heterocycles. The van der Waals surface area contributed by atoms with Gasteiger partial charge in [0.2, 0.25) is 4.73 Å². The Morgan fingerprint density at radius 1 is 1.47 bits per heavy atom. The molecule has 0 spiro atoms. The van der Waals surface area contributed by atoms with Crippen LogP contribution in [0, 0.1) is 5.82 Å². The number of rotatable bonds is 2. The van der Waals surface area contributed by atoms with Crippen molar-refractivity contribution in [2.75, 3.05) is 7.11 Å². The smallest absolute Gasteiger partial charge is 0.261 e. The summed E-state index contributed by atoms with van der Waals surface area (Å²) in [6.07, 6.45) is 0. The molecule has 2 rings (SSSR count). The fourth-order valence-electron chi connectivity index (χ4n) is 1.11. The highest BCUT2D eigenvalue weighted by Crippen LogP contribution is 2.25. The van der Waals surface area contributed by atoms with Crippen LogP contribution in [0.25, 0.3) is 11.5 Å². The highest BCUT2D eigenvalue weighted by molar-refractivity contribution is 9.10. The van der Waals surface area contributed by atoms with Gasteiger partial charge in [-0.2, -0.15) is 4.98 Å². The van der Waals surface area contributed by atoms with Crippen LogP contribution in [0.4, 0.5) is 4.39 Å². The van der Waals surface area contributed by atoms with Gasteiger partial charge in [-0.1, -0.05) is 0 Å². The maximum absolute atomic E-state index is 13.5. The highest BCUT2D eigenvalue weighted by Gasteiger charge is 2.12. The Morgan fingerprint density at radius 3 is 2.80 bits per heavy atom. The number of hydrogen-bond acceptors (Lipinski definition) is 4. The summed E-state index contributed by atoms with van der Waals surface area (Å²) in [5, 5.41) is 3.51. The van der Waals surface area contributed by atoms with Crippen LogP contribution >= 0.6 is 15.9 Å². The van der Waals surface area contributed by atoms with Gasteiger partial charge in [0.25, 0.3) is 5.89 Å². The Kier molecular flexibility index (Phi) is 2.68. The molecule has 1 aromatic heterocycles. The Hall–Kier alpha value is -1.43. The van der Waals surface area contributed by atoms with E-state index in [-0.39, 0.29) is 16.2 Å². The maximum atomic E-state index is 13.5. The van der Waals surface area contributed by atoms with Crippen LogP contribution in [-0.4, -0.2) is 17.3 Å². The molecule has 0 N–H and O–H groups in total. The predicted molar refractivity (Wildman–Crippen MR) is 53.9 cm³/mol. The summed E-state index contributed by atoms with van der Waals surface area (Å²) in [7, 11) is 1.47. The summed E-state index contributed by atoms with van der Waals surface area (Å²) in [6.45, 7) is 0. The van der Waals surface area contributed by atoms with E-state index in [1.54, 1.807) is 6.07 Å². The topological polar surface area (TPSA) is 48.2 Å². The van der Waals surface area contributed by atoms with Gasteiger partial charge in [-0.25, -0.2) is 4.39 Å². The monoisotopic (exact) mass is 272 g/mol. The van der Waals surface area contributed by atoms with E-state index in [9.17, 15) is 4.39 Å². The molecule has 1 heterocycles. The number of halogens is 2. The molecule has 0 saturated carbocycles. The van der Waals surface area contributed by atoms with Crippen molar-refractivity contribution < 1.29 is 13.7 Å². The molecule has 0 aliphatic heterocycles. The molecule has 0 aliphatic rings. The molecule has 4 nitrogen and oxygen atoms in total. The normalized spacial score (nSPS) is 10.3. The first-order chi connectivity index (χ1) is 7.20. The minimum Gasteiger partial charge on any atom is -0.497 e. The van der Waals surface area contributed by atoms with Crippen molar-refractivity contribution in [1.29, 1.82) is 0 Å². The third-order valence-electron chi connectivity index (χ3n) is 1.81. The van der Waals surface area contributed by atoms with Gasteiger partial charge in [-0.3, -0.25) is 0 Å². The van der Waals surface area contributed by atoms with Gasteiger partial charge >= 0.3 is 0 Å². The third-order valence-corrected chi connectivity index (χ3v) is 2.13. The van der Waals surface area contributed by atoms with Crippen LogP contribution in [0.5, 0.6) is 5.75 Å². The lowest BCUT2D eigenvalue weighted by Gasteiger charge is -2.01. The van der Waals surface area contributed by atoms with Gasteiger partial charge in [-0.05, 0) is 33.2 Å². The summed E-state index contributed by atoms with van der Waals surface area (Å²) in [6, 6.07) is 4.40. The molecule has 0 radical (unpaired) electrons. The number of benzene rings is 1. The minimum atomic E-state index is -0.467. The molecule has 0 unspecified atom stereocenters. The van der Waals surface area contributed by atoms with Crippen LogP contribution in [-0.2, 0) is 0 Å². The SMILES string of the molecule is COc1ccc(-c2nc(Br)no2)c(F)c1. The van der Waals surface area contributed by atoms with Crippen molar-refractivity contribution in [2.45, 2.75) is 0 Å². The number of aromatic nitrogens is 2. The zero-order valence-electron chi connectivity index (χ0n) is 7.70. The predicted octanol–water partition coefficient (Wildman–Crippen LogP) is 2.65.